The van der Waals surface area contributed by atoms with Crippen molar-refractivity contribution >= 4 is 39.8 Å². The molecule has 5 aromatic rings. The van der Waals surface area contributed by atoms with Gasteiger partial charge in [-0.15, -0.1) is 4.58 Å². The summed E-state index contributed by atoms with van der Waals surface area (Å²) in [5.41, 5.74) is 16.1. The van der Waals surface area contributed by atoms with Crippen molar-refractivity contribution in [1.29, 1.82) is 0 Å². The van der Waals surface area contributed by atoms with Crippen molar-refractivity contribution in [1.82, 2.24) is 9.58 Å². The number of anilines is 1. The molecule has 4 nitrogen and oxygen atoms in total. The fourth-order valence-corrected chi connectivity index (χ4v) is 8.86. The van der Waals surface area contributed by atoms with Crippen molar-refractivity contribution in [3.8, 4) is 11.1 Å². The molecule has 0 bridgehead atoms. The van der Waals surface area contributed by atoms with Crippen LogP contribution < -0.4 is 9.58 Å². The zero-order valence-electron chi connectivity index (χ0n) is 26.5. The predicted molar refractivity (Wildman–Crippen MR) is 196 cm³/mol. The normalized spacial score (nSPS) is 22.7. The van der Waals surface area contributed by atoms with Crippen molar-refractivity contribution in [2.45, 2.75) is 31.5 Å². The van der Waals surface area contributed by atoms with E-state index in [1.54, 1.807) is 0 Å². The first-order valence-electron chi connectivity index (χ1n) is 17.0. The number of aryl methyl sites for hydroxylation is 1. The third-order valence-electron chi connectivity index (χ3n) is 11.0. The molecule has 3 atom stereocenters. The second-order valence-electron chi connectivity index (χ2n) is 13.4. The lowest BCUT2D eigenvalue weighted by molar-refractivity contribution is 0.203. The highest BCUT2D eigenvalue weighted by molar-refractivity contribution is 6.19. The van der Waals surface area contributed by atoms with Gasteiger partial charge >= 0.3 is 0 Å². The van der Waals surface area contributed by atoms with E-state index in [1.165, 1.54) is 61.6 Å². The maximum Gasteiger partial charge on any atom is 0.260 e. The molecule has 0 N–H and O–H groups in total. The number of furan rings is 1. The van der Waals surface area contributed by atoms with Crippen LogP contribution in [0.15, 0.2) is 166 Å². The molecule has 4 aromatic carbocycles. The topological polar surface area (TPSA) is 22.6 Å². The third-order valence-corrected chi connectivity index (χ3v) is 11.0. The van der Waals surface area contributed by atoms with Crippen LogP contribution >= 0.6 is 0 Å². The zero-order valence-corrected chi connectivity index (χ0v) is 26.5. The molecule has 6 aliphatic rings. The number of benzene rings is 4. The molecule has 0 amide bonds. The molecule has 4 heteroatoms. The lowest BCUT2D eigenvalue weighted by atomic mass is 9.76. The van der Waals surface area contributed by atoms with Gasteiger partial charge in [0, 0.05) is 29.1 Å². The Balaban J connectivity index is 1.24. The molecule has 0 radical (unpaired) electrons. The summed E-state index contributed by atoms with van der Waals surface area (Å²) in [7, 11) is 0. The molecule has 3 aliphatic heterocycles. The smallest absolute Gasteiger partial charge is 0.260 e. The molecule has 1 aromatic heterocycles. The van der Waals surface area contributed by atoms with Gasteiger partial charge < -0.3 is 4.42 Å². The molecule has 4 heterocycles. The molecule has 0 spiro atoms. The van der Waals surface area contributed by atoms with Gasteiger partial charge in [0.25, 0.3) is 5.71 Å². The fraction of sp³-hybridized carbons (Fsp3) is 0.114. The average Bonchev–Trinajstić information content (AvgIpc) is 3.70. The Morgan fingerprint density at radius 3 is 2.44 bits per heavy atom. The van der Waals surface area contributed by atoms with Crippen LogP contribution in [0.1, 0.15) is 23.8 Å². The second kappa shape index (κ2) is 9.66. The van der Waals surface area contributed by atoms with Gasteiger partial charge in [0.1, 0.15) is 11.3 Å². The molecular formula is C44H32N3O+. The molecule has 11 rings (SSSR count). The van der Waals surface area contributed by atoms with Crippen LogP contribution in [-0.4, -0.2) is 28.8 Å². The van der Waals surface area contributed by atoms with E-state index in [2.05, 4.69) is 167 Å². The van der Waals surface area contributed by atoms with Crippen molar-refractivity contribution in [2.75, 3.05) is 5.01 Å². The Labute approximate surface area is 279 Å². The molecule has 3 aliphatic carbocycles. The quantitative estimate of drug-likeness (QED) is 0.188. The van der Waals surface area contributed by atoms with Gasteiger partial charge in [-0.3, -0.25) is 5.01 Å². The van der Waals surface area contributed by atoms with E-state index in [0.717, 1.165) is 28.8 Å². The number of fused-ring (bicyclic) bond motifs is 10. The first-order chi connectivity index (χ1) is 23.8. The van der Waals surface area contributed by atoms with Gasteiger partial charge in [-0.25, -0.2) is 0 Å². The third kappa shape index (κ3) is 3.40. The average molecular weight is 619 g/mol. The molecule has 0 saturated carbocycles. The Morgan fingerprint density at radius 1 is 0.750 bits per heavy atom. The second-order valence-corrected chi connectivity index (χ2v) is 13.4. The summed E-state index contributed by atoms with van der Waals surface area (Å²) < 4.78 is 9.40. The standard InChI is InChI=1S/C44H32N3O/c1-2-27-19-24-38-39(25-27)47-42-35(34-16-10-15-33-31-13-6-8-17-37(31)46(47)41(33)34)26-36-32-14-7-9-18-40(32)48-44(36)43(42)45(38)30-22-20-29(21-23-30)28-11-4-3-5-12-28/h3-26,37,41-42H,2H2,1H3/q+1. The Morgan fingerprint density at radius 2 is 1.56 bits per heavy atom. The number of rotatable bonds is 3. The lowest BCUT2D eigenvalue weighted by Crippen LogP contribution is -2.66. The molecular weight excluding hydrogens is 587 g/mol. The van der Waals surface area contributed by atoms with Gasteiger partial charge in [0.05, 0.1) is 12.1 Å². The maximum absolute atomic E-state index is 6.91. The van der Waals surface area contributed by atoms with E-state index in [9.17, 15) is 0 Å². The van der Waals surface area contributed by atoms with Crippen LogP contribution in [0.5, 0.6) is 0 Å². The van der Waals surface area contributed by atoms with Gasteiger partial charge in [0.2, 0.25) is 17.1 Å². The summed E-state index contributed by atoms with van der Waals surface area (Å²) >= 11 is 0. The van der Waals surface area contributed by atoms with Crippen LogP contribution in [0.25, 0.3) is 28.2 Å². The van der Waals surface area contributed by atoms with Gasteiger partial charge in [-0.2, -0.15) is 5.01 Å². The van der Waals surface area contributed by atoms with Crippen LogP contribution in [0, 0.1) is 0 Å². The summed E-state index contributed by atoms with van der Waals surface area (Å²) in [5.74, 6) is 0.949. The Hall–Kier alpha value is -5.71. The van der Waals surface area contributed by atoms with Crippen LogP contribution in [-0.2, 0) is 6.42 Å². The number of hydrogen-bond donors (Lipinski definition) is 0. The summed E-state index contributed by atoms with van der Waals surface area (Å²) in [6, 6.07) is 35.5. The van der Waals surface area contributed by atoms with Gasteiger partial charge in [0.15, 0.2) is 6.04 Å². The molecule has 48 heavy (non-hydrogen) atoms. The van der Waals surface area contributed by atoms with E-state index in [0.29, 0.717) is 0 Å². The fourth-order valence-electron chi connectivity index (χ4n) is 8.86. The molecule has 228 valence electrons. The van der Waals surface area contributed by atoms with Crippen molar-refractivity contribution in [3.05, 3.63) is 179 Å². The highest BCUT2D eigenvalue weighted by Crippen LogP contribution is 2.55. The largest absolute Gasteiger partial charge is 0.449 e. The molecule has 1 saturated heterocycles. The lowest BCUT2D eigenvalue weighted by Gasteiger charge is -2.53. The summed E-state index contributed by atoms with van der Waals surface area (Å²) in [6.07, 6.45) is 19.4. The van der Waals surface area contributed by atoms with Crippen LogP contribution in [0.4, 0.5) is 17.1 Å². The first kappa shape index (κ1) is 26.4. The summed E-state index contributed by atoms with van der Waals surface area (Å²) in [4.78, 5) is 0. The zero-order chi connectivity index (χ0) is 31.5. The number of para-hydroxylation sites is 1. The van der Waals surface area contributed by atoms with Crippen molar-refractivity contribution in [3.63, 3.8) is 0 Å². The Bertz CT molecular complexity index is 2450. The van der Waals surface area contributed by atoms with Crippen LogP contribution in [0.3, 0.4) is 0 Å². The minimum atomic E-state index is -0.0691. The number of nitrogens with zero attached hydrogens (tertiary/aromatic N) is 3. The monoisotopic (exact) mass is 618 g/mol. The summed E-state index contributed by atoms with van der Waals surface area (Å²) in [5, 5.41) is 6.44. The minimum Gasteiger partial charge on any atom is -0.449 e. The van der Waals surface area contributed by atoms with Crippen molar-refractivity contribution < 1.29 is 4.42 Å². The predicted octanol–water partition coefficient (Wildman–Crippen LogP) is 9.47. The number of allylic oxidation sites excluding steroid dienone is 4. The van der Waals surface area contributed by atoms with Crippen LogP contribution in [0.2, 0.25) is 0 Å². The van der Waals surface area contributed by atoms with E-state index >= 15 is 0 Å². The highest BCUT2D eigenvalue weighted by atomic mass is 16.3. The highest BCUT2D eigenvalue weighted by Gasteiger charge is 2.59. The van der Waals surface area contributed by atoms with Gasteiger partial charge in [-0.05, 0) is 75.7 Å². The summed E-state index contributed by atoms with van der Waals surface area (Å²) in [6.45, 7) is 2.25. The van der Waals surface area contributed by atoms with E-state index in [-0.39, 0.29) is 18.1 Å². The van der Waals surface area contributed by atoms with Crippen molar-refractivity contribution in [2.24, 2.45) is 0 Å². The minimum absolute atomic E-state index is 0.0691. The first-order valence-corrected chi connectivity index (χ1v) is 17.0. The number of hydrazine groups is 1. The Kier molecular flexibility index (Phi) is 5.31. The van der Waals surface area contributed by atoms with E-state index < -0.39 is 0 Å². The molecule has 1 fully saturated rings. The SMILES string of the molecule is CCc1ccc2c(c1)N1C3C(=Cc4c(oc5ccccc45)C3=[N+]2c2ccc(-c3ccccc3)cc2)C2=CC=CC3=C4C=CC=CC4N1C23. The van der Waals surface area contributed by atoms with E-state index in [1.807, 2.05) is 0 Å². The van der Waals surface area contributed by atoms with E-state index in [4.69, 9.17) is 4.42 Å². The van der Waals surface area contributed by atoms with Gasteiger partial charge in [-0.1, -0.05) is 104 Å². The maximum atomic E-state index is 6.91. The number of hydrogen-bond acceptors (Lipinski definition) is 3. The molecule has 3 unspecified atom stereocenters.